The van der Waals surface area contributed by atoms with Crippen LogP contribution in [0, 0.1) is 5.82 Å². The molecular formula is C11H15Cl2FN2O2S. The van der Waals surface area contributed by atoms with E-state index in [1.54, 1.807) is 6.92 Å². The van der Waals surface area contributed by atoms with E-state index >= 15 is 0 Å². The van der Waals surface area contributed by atoms with Crippen molar-refractivity contribution in [1.29, 1.82) is 0 Å². The average Bonchev–Trinajstić information content (AvgIpc) is 2.28. The first kappa shape index (κ1) is 16.7. The van der Waals surface area contributed by atoms with Gasteiger partial charge in [-0.15, -0.1) is 0 Å². The molecule has 0 aliphatic heterocycles. The third kappa shape index (κ3) is 5.62. The third-order valence-electron chi connectivity index (χ3n) is 2.56. The Bertz CT molecular complexity index is 552. The van der Waals surface area contributed by atoms with Crippen molar-refractivity contribution in [3.05, 3.63) is 33.6 Å². The first-order chi connectivity index (χ1) is 8.70. The molecule has 1 atom stereocenters. The van der Waals surface area contributed by atoms with Gasteiger partial charge in [-0.05, 0) is 37.6 Å². The molecule has 0 bridgehead atoms. The van der Waals surface area contributed by atoms with Crippen LogP contribution in [0.15, 0.2) is 12.1 Å². The van der Waals surface area contributed by atoms with E-state index in [4.69, 9.17) is 28.3 Å². The van der Waals surface area contributed by atoms with Crippen molar-refractivity contribution in [1.82, 2.24) is 5.32 Å². The summed E-state index contributed by atoms with van der Waals surface area (Å²) in [4.78, 5) is 0. The number of nitrogens with one attached hydrogen (secondary N) is 1. The third-order valence-corrected chi connectivity index (χ3v) is 4.04. The molecule has 0 amide bonds. The summed E-state index contributed by atoms with van der Waals surface area (Å²) in [5.41, 5.74) is 0.569. The monoisotopic (exact) mass is 328 g/mol. The standard InChI is InChI=1S/C11H15Cl2FN2O2S/c1-7(16-3-2-4-19(15,17)18)8-5-11(14)10(13)6-9(8)12/h5-7,16H,2-4H2,1H3,(H2,15,17,18). The van der Waals surface area contributed by atoms with E-state index in [9.17, 15) is 12.8 Å². The lowest BCUT2D eigenvalue weighted by Gasteiger charge is -2.16. The van der Waals surface area contributed by atoms with E-state index in [2.05, 4.69) is 5.32 Å². The van der Waals surface area contributed by atoms with Crippen molar-refractivity contribution < 1.29 is 12.8 Å². The summed E-state index contributed by atoms with van der Waals surface area (Å²) >= 11 is 11.6. The number of hydrogen-bond acceptors (Lipinski definition) is 3. The van der Waals surface area contributed by atoms with Crippen LogP contribution in [0.5, 0.6) is 0 Å². The minimum absolute atomic E-state index is 0.0322. The maximum atomic E-state index is 13.3. The minimum atomic E-state index is -3.45. The fourth-order valence-corrected chi connectivity index (χ4v) is 2.67. The lowest BCUT2D eigenvalue weighted by atomic mass is 10.1. The molecule has 0 radical (unpaired) electrons. The molecule has 0 heterocycles. The van der Waals surface area contributed by atoms with Crippen LogP contribution in [-0.4, -0.2) is 20.7 Å². The lowest BCUT2D eigenvalue weighted by molar-refractivity contribution is 0.555. The van der Waals surface area contributed by atoms with Gasteiger partial charge in [0, 0.05) is 11.1 Å². The molecule has 0 saturated heterocycles. The molecule has 1 aromatic rings. The van der Waals surface area contributed by atoms with Gasteiger partial charge in [0.2, 0.25) is 10.0 Å². The van der Waals surface area contributed by atoms with E-state index in [0.717, 1.165) is 0 Å². The Morgan fingerprint density at radius 1 is 1.37 bits per heavy atom. The molecular weight excluding hydrogens is 314 g/mol. The van der Waals surface area contributed by atoms with Gasteiger partial charge in [-0.25, -0.2) is 17.9 Å². The second kappa shape index (κ2) is 6.85. The van der Waals surface area contributed by atoms with Crippen molar-refractivity contribution in [2.24, 2.45) is 5.14 Å². The van der Waals surface area contributed by atoms with Gasteiger partial charge in [-0.2, -0.15) is 0 Å². The second-order valence-corrected chi connectivity index (χ2v) is 6.73. The zero-order valence-electron chi connectivity index (χ0n) is 10.3. The molecule has 3 N–H and O–H groups in total. The molecule has 0 saturated carbocycles. The highest BCUT2D eigenvalue weighted by Gasteiger charge is 2.13. The van der Waals surface area contributed by atoms with Gasteiger partial charge < -0.3 is 5.32 Å². The van der Waals surface area contributed by atoms with E-state index in [-0.39, 0.29) is 16.8 Å². The molecule has 0 aliphatic carbocycles. The van der Waals surface area contributed by atoms with Crippen molar-refractivity contribution in [2.75, 3.05) is 12.3 Å². The number of nitrogens with two attached hydrogens (primary N) is 1. The fourth-order valence-electron chi connectivity index (χ4n) is 1.57. The van der Waals surface area contributed by atoms with Crippen LogP contribution >= 0.6 is 23.2 Å². The maximum Gasteiger partial charge on any atom is 0.209 e. The number of benzene rings is 1. The Kier molecular flexibility index (Phi) is 6.01. The van der Waals surface area contributed by atoms with Crippen LogP contribution in [-0.2, 0) is 10.0 Å². The molecule has 0 spiro atoms. The van der Waals surface area contributed by atoms with Crippen LogP contribution in [0.25, 0.3) is 0 Å². The SMILES string of the molecule is CC(NCCCS(N)(=O)=O)c1cc(F)c(Cl)cc1Cl. The van der Waals surface area contributed by atoms with E-state index in [1.165, 1.54) is 12.1 Å². The zero-order chi connectivity index (χ0) is 14.6. The summed E-state index contributed by atoms with van der Waals surface area (Å²) in [6, 6.07) is 2.39. The Balaban J connectivity index is 2.59. The Morgan fingerprint density at radius 3 is 2.58 bits per heavy atom. The minimum Gasteiger partial charge on any atom is -0.310 e. The van der Waals surface area contributed by atoms with E-state index in [0.29, 0.717) is 23.6 Å². The van der Waals surface area contributed by atoms with Crippen molar-refractivity contribution in [2.45, 2.75) is 19.4 Å². The number of rotatable bonds is 6. The van der Waals surface area contributed by atoms with Crippen molar-refractivity contribution in [3.63, 3.8) is 0 Å². The predicted molar refractivity (Wildman–Crippen MR) is 75.4 cm³/mol. The summed E-state index contributed by atoms with van der Waals surface area (Å²) in [5.74, 6) is -0.644. The van der Waals surface area contributed by atoms with E-state index in [1.807, 2.05) is 0 Å². The first-order valence-electron chi connectivity index (χ1n) is 5.59. The molecule has 1 rings (SSSR count). The number of halogens is 3. The molecule has 0 aromatic heterocycles. The average molecular weight is 329 g/mol. The lowest BCUT2D eigenvalue weighted by Crippen LogP contribution is -2.24. The topological polar surface area (TPSA) is 72.2 Å². The van der Waals surface area contributed by atoms with Crippen molar-refractivity contribution in [3.8, 4) is 0 Å². The highest BCUT2D eigenvalue weighted by atomic mass is 35.5. The normalized spacial score (nSPS) is 13.5. The number of sulfonamides is 1. The molecule has 1 unspecified atom stereocenters. The quantitative estimate of drug-likeness (QED) is 0.622. The van der Waals surface area contributed by atoms with Crippen molar-refractivity contribution >= 4 is 33.2 Å². The second-order valence-electron chi connectivity index (χ2n) is 4.18. The van der Waals surface area contributed by atoms with Gasteiger partial charge in [-0.1, -0.05) is 23.2 Å². The van der Waals surface area contributed by atoms with Gasteiger partial charge in [0.1, 0.15) is 5.82 Å². The van der Waals surface area contributed by atoms with Crippen LogP contribution in [0.3, 0.4) is 0 Å². The van der Waals surface area contributed by atoms with Crippen LogP contribution < -0.4 is 10.5 Å². The number of primary sulfonamides is 1. The molecule has 1 aromatic carbocycles. The van der Waals surface area contributed by atoms with Gasteiger partial charge in [-0.3, -0.25) is 0 Å². The summed E-state index contributed by atoms with van der Waals surface area (Å²) in [6.07, 6.45) is 0.372. The summed E-state index contributed by atoms with van der Waals surface area (Å²) in [7, 11) is -3.45. The molecule has 0 fully saturated rings. The van der Waals surface area contributed by atoms with E-state index < -0.39 is 15.8 Å². The largest absolute Gasteiger partial charge is 0.310 e. The number of hydrogen-bond donors (Lipinski definition) is 2. The van der Waals surface area contributed by atoms with Gasteiger partial charge in [0.05, 0.1) is 10.8 Å². The molecule has 8 heteroatoms. The predicted octanol–water partition coefficient (Wildman–Crippen LogP) is 2.46. The highest BCUT2D eigenvalue weighted by molar-refractivity contribution is 7.89. The maximum absolute atomic E-state index is 13.3. The Labute approximate surface area is 122 Å². The zero-order valence-corrected chi connectivity index (χ0v) is 12.6. The molecule has 0 aliphatic rings. The Hall–Kier alpha value is -0.400. The fraction of sp³-hybridized carbons (Fsp3) is 0.455. The summed E-state index contributed by atoms with van der Waals surface area (Å²) in [6.45, 7) is 2.23. The molecule has 4 nitrogen and oxygen atoms in total. The summed E-state index contributed by atoms with van der Waals surface area (Å²) < 4.78 is 34.8. The molecule has 108 valence electrons. The first-order valence-corrected chi connectivity index (χ1v) is 8.06. The summed E-state index contributed by atoms with van der Waals surface area (Å²) in [5, 5.41) is 8.25. The van der Waals surface area contributed by atoms with Gasteiger partial charge in [0.15, 0.2) is 0 Å². The molecule has 19 heavy (non-hydrogen) atoms. The van der Waals surface area contributed by atoms with Crippen LogP contribution in [0.2, 0.25) is 10.0 Å². The van der Waals surface area contributed by atoms with Gasteiger partial charge in [0.25, 0.3) is 0 Å². The van der Waals surface area contributed by atoms with Crippen LogP contribution in [0.1, 0.15) is 24.9 Å². The van der Waals surface area contributed by atoms with Gasteiger partial charge >= 0.3 is 0 Å². The van der Waals surface area contributed by atoms with Crippen LogP contribution in [0.4, 0.5) is 4.39 Å². The highest BCUT2D eigenvalue weighted by Crippen LogP contribution is 2.28. The smallest absolute Gasteiger partial charge is 0.209 e. The Morgan fingerprint density at radius 2 is 2.00 bits per heavy atom.